The number of carbonyl (C=O) groups excluding carboxylic acids is 1. The molecule has 1 N–H and O–H groups in total. The van der Waals surface area contributed by atoms with Crippen LogP contribution >= 0.6 is 0 Å². The van der Waals surface area contributed by atoms with Gasteiger partial charge in [0.2, 0.25) is 0 Å². The molecule has 9 heteroatoms. The van der Waals surface area contributed by atoms with Gasteiger partial charge in [-0.05, 0) is 24.3 Å². The average molecular weight is 377 g/mol. The summed E-state index contributed by atoms with van der Waals surface area (Å²) in [7, 11) is 1.46. The maximum atomic E-state index is 12.4. The molecule has 1 amide bonds. The lowest BCUT2D eigenvalue weighted by Crippen LogP contribution is -2.27. The van der Waals surface area contributed by atoms with Gasteiger partial charge in [0, 0.05) is 24.7 Å². The Morgan fingerprint density at radius 3 is 2.61 bits per heavy atom. The number of nitro groups is 1. The quantitative estimate of drug-likeness (QED) is 0.415. The molecule has 0 bridgehead atoms. The lowest BCUT2D eigenvalue weighted by Gasteiger charge is -2.06. The van der Waals surface area contributed by atoms with Crippen LogP contribution in [-0.4, -0.2) is 26.8 Å². The maximum Gasteiger partial charge on any atom is 0.292 e. The highest BCUT2D eigenvalue weighted by Crippen LogP contribution is 2.18. The Morgan fingerprint density at radius 1 is 1.18 bits per heavy atom. The predicted octanol–water partition coefficient (Wildman–Crippen LogP) is 2.27. The van der Waals surface area contributed by atoms with Crippen LogP contribution in [0.2, 0.25) is 0 Å². The van der Waals surface area contributed by atoms with Crippen LogP contribution in [-0.2, 0) is 7.05 Å². The van der Waals surface area contributed by atoms with Gasteiger partial charge < -0.3 is 0 Å². The van der Waals surface area contributed by atoms with E-state index in [-0.39, 0.29) is 16.9 Å². The van der Waals surface area contributed by atoms with Crippen molar-refractivity contribution in [3.05, 3.63) is 86.3 Å². The Kier molecular flexibility index (Phi) is 5.35. The van der Waals surface area contributed by atoms with E-state index in [2.05, 4.69) is 15.6 Å². The van der Waals surface area contributed by atoms with Crippen molar-refractivity contribution in [1.82, 2.24) is 15.2 Å². The lowest BCUT2D eigenvalue weighted by atomic mass is 10.1. The van der Waals surface area contributed by atoms with Crippen molar-refractivity contribution in [3.8, 4) is 0 Å². The average Bonchev–Trinajstić information content (AvgIpc) is 2.70. The van der Waals surface area contributed by atoms with Gasteiger partial charge in [-0.2, -0.15) is 10.2 Å². The second-order valence-electron chi connectivity index (χ2n) is 5.72. The topological polar surface area (TPSA) is 119 Å². The van der Waals surface area contributed by atoms with Crippen molar-refractivity contribution in [1.29, 1.82) is 0 Å². The number of rotatable bonds is 5. The number of allylic oxidation sites excluding steroid dienone is 1. The number of nitro benzene ring substituents is 1. The predicted molar refractivity (Wildman–Crippen MR) is 105 cm³/mol. The van der Waals surface area contributed by atoms with E-state index in [9.17, 15) is 19.7 Å². The van der Waals surface area contributed by atoms with Gasteiger partial charge in [-0.15, -0.1) is 0 Å². The fourth-order valence-corrected chi connectivity index (χ4v) is 2.60. The fraction of sp³-hybridized carbons (Fsp3) is 0.0526. The Bertz CT molecular complexity index is 1180. The summed E-state index contributed by atoms with van der Waals surface area (Å²) in [4.78, 5) is 35.0. The van der Waals surface area contributed by atoms with E-state index in [1.165, 1.54) is 31.5 Å². The van der Waals surface area contributed by atoms with Crippen LogP contribution in [0, 0.1) is 10.1 Å². The Labute approximate surface area is 158 Å². The Balaban J connectivity index is 1.77. The second kappa shape index (κ2) is 8.04. The third-order valence-corrected chi connectivity index (χ3v) is 3.91. The van der Waals surface area contributed by atoms with Crippen LogP contribution in [0.4, 0.5) is 5.69 Å². The van der Waals surface area contributed by atoms with Gasteiger partial charge >= 0.3 is 0 Å². The smallest absolute Gasteiger partial charge is 0.267 e. The normalized spacial score (nSPS) is 11.3. The van der Waals surface area contributed by atoms with Crippen molar-refractivity contribution < 1.29 is 9.72 Å². The first-order chi connectivity index (χ1) is 13.5. The van der Waals surface area contributed by atoms with E-state index in [0.29, 0.717) is 16.3 Å². The molecule has 0 aliphatic carbocycles. The molecule has 0 spiro atoms. The first-order valence-corrected chi connectivity index (χ1v) is 8.18. The van der Waals surface area contributed by atoms with E-state index >= 15 is 0 Å². The van der Waals surface area contributed by atoms with Crippen molar-refractivity contribution in [2.45, 2.75) is 0 Å². The number of hydrogen-bond acceptors (Lipinski definition) is 6. The maximum absolute atomic E-state index is 12.4. The largest absolute Gasteiger partial charge is 0.292 e. The highest BCUT2D eigenvalue weighted by Gasteiger charge is 2.14. The summed E-state index contributed by atoms with van der Waals surface area (Å²) >= 11 is 0. The van der Waals surface area contributed by atoms with Crippen LogP contribution < -0.4 is 11.0 Å². The number of nitrogens with one attached hydrogen (secondary N) is 1. The van der Waals surface area contributed by atoms with Gasteiger partial charge in [0.1, 0.15) is 0 Å². The second-order valence-corrected chi connectivity index (χ2v) is 5.72. The van der Waals surface area contributed by atoms with Crippen LogP contribution in [0.15, 0.2) is 64.5 Å². The molecule has 0 aliphatic rings. The molecule has 1 aromatic heterocycles. The summed E-state index contributed by atoms with van der Waals surface area (Å²) in [6.07, 6.45) is 4.27. The van der Waals surface area contributed by atoms with Crippen molar-refractivity contribution >= 4 is 34.7 Å². The zero-order valence-corrected chi connectivity index (χ0v) is 14.8. The van der Waals surface area contributed by atoms with Gasteiger partial charge in [0.05, 0.1) is 15.9 Å². The molecule has 0 unspecified atom stereocenters. The number of carbonyl (C=O) groups is 1. The molecule has 1 heterocycles. The van der Waals surface area contributed by atoms with Crippen molar-refractivity contribution in [2.75, 3.05) is 0 Å². The van der Waals surface area contributed by atoms with Gasteiger partial charge in [-0.1, -0.05) is 30.3 Å². The highest BCUT2D eigenvalue weighted by molar-refractivity contribution is 6.04. The summed E-state index contributed by atoms with van der Waals surface area (Å²) in [5, 5.41) is 19.6. The SMILES string of the molecule is Cn1nc(C(=O)N/N=C/C=C/c2ccccc2[N+](=O)[O-])c2ccccc2c1=O. The van der Waals surface area contributed by atoms with Crippen molar-refractivity contribution in [2.24, 2.45) is 12.1 Å². The summed E-state index contributed by atoms with van der Waals surface area (Å²) in [5.41, 5.74) is 2.48. The summed E-state index contributed by atoms with van der Waals surface area (Å²) in [5.74, 6) is -0.581. The molecule has 0 fully saturated rings. The number of fused-ring (bicyclic) bond motifs is 1. The summed E-state index contributed by atoms with van der Waals surface area (Å²) in [6, 6.07) is 12.9. The zero-order chi connectivity index (χ0) is 20.1. The standard InChI is InChI=1S/C19H15N5O4/c1-23-19(26)15-10-4-3-9-14(15)17(22-23)18(25)21-20-12-6-8-13-7-2-5-11-16(13)24(27)28/h2-12H,1H3,(H,21,25)/b8-6+,20-12+. The number of hydrazone groups is 1. The minimum absolute atomic E-state index is 0.0305. The van der Waals surface area contributed by atoms with Crippen LogP contribution in [0.1, 0.15) is 16.1 Å². The highest BCUT2D eigenvalue weighted by atomic mass is 16.6. The van der Waals surface area contributed by atoms with E-state index in [4.69, 9.17) is 0 Å². The fourth-order valence-electron chi connectivity index (χ4n) is 2.60. The third-order valence-electron chi connectivity index (χ3n) is 3.91. The molecule has 0 radical (unpaired) electrons. The monoisotopic (exact) mass is 377 g/mol. The molecule has 0 atom stereocenters. The summed E-state index contributed by atoms with van der Waals surface area (Å²) < 4.78 is 1.09. The molecule has 140 valence electrons. The van der Waals surface area contributed by atoms with E-state index in [1.54, 1.807) is 42.5 Å². The minimum atomic E-state index is -0.581. The van der Waals surface area contributed by atoms with Gasteiger partial charge in [-0.25, -0.2) is 10.1 Å². The molecule has 0 saturated carbocycles. The Morgan fingerprint density at radius 2 is 1.86 bits per heavy atom. The van der Waals surface area contributed by atoms with Crippen LogP contribution in [0.5, 0.6) is 0 Å². The number of aromatic nitrogens is 2. The van der Waals surface area contributed by atoms with Crippen LogP contribution in [0.25, 0.3) is 16.8 Å². The number of benzene rings is 2. The Hall–Kier alpha value is -4.14. The number of aryl methyl sites for hydroxylation is 1. The van der Waals surface area contributed by atoms with E-state index in [1.807, 2.05) is 0 Å². The van der Waals surface area contributed by atoms with Crippen molar-refractivity contribution in [3.63, 3.8) is 0 Å². The molecular formula is C19H15N5O4. The molecule has 3 aromatic rings. The van der Waals surface area contributed by atoms with Gasteiger partial charge in [-0.3, -0.25) is 19.7 Å². The lowest BCUT2D eigenvalue weighted by molar-refractivity contribution is -0.385. The molecule has 0 aliphatic heterocycles. The number of amides is 1. The summed E-state index contributed by atoms with van der Waals surface area (Å²) in [6.45, 7) is 0. The minimum Gasteiger partial charge on any atom is -0.267 e. The van der Waals surface area contributed by atoms with Gasteiger partial charge in [0.15, 0.2) is 5.69 Å². The zero-order valence-electron chi connectivity index (χ0n) is 14.8. The number of nitrogens with zero attached hydrogens (tertiary/aromatic N) is 4. The first kappa shape index (κ1) is 18.6. The van der Waals surface area contributed by atoms with E-state index in [0.717, 1.165) is 4.68 Å². The molecule has 28 heavy (non-hydrogen) atoms. The van der Waals surface area contributed by atoms with E-state index < -0.39 is 10.8 Å². The third kappa shape index (κ3) is 3.83. The molecule has 0 saturated heterocycles. The molecule has 2 aromatic carbocycles. The number of hydrogen-bond donors (Lipinski definition) is 1. The number of para-hydroxylation sites is 1. The molecule has 9 nitrogen and oxygen atoms in total. The first-order valence-electron chi connectivity index (χ1n) is 8.18. The van der Waals surface area contributed by atoms with Crippen LogP contribution in [0.3, 0.4) is 0 Å². The molecular weight excluding hydrogens is 362 g/mol. The molecule has 3 rings (SSSR count). The van der Waals surface area contributed by atoms with Gasteiger partial charge in [0.25, 0.3) is 17.2 Å².